The van der Waals surface area contributed by atoms with Crippen molar-refractivity contribution in [1.29, 1.82) is 0 Å². The number of alkyl carbamates (subject to hydrolysis) is 1. The van der Waals surface area contributed by atoms with Gasteiger partial charge < -0.3 is 74.6 Å². The molecule has 2 saturated heterocycles. The first kappa shape index (κ1) is 76.5. The van der Waals surface area contributed by atoms with Gasteiger partial charge in [0.1, 0.15) is 58.7 Å². The Morgan fingerprint density at radius 2 is 1.71 bits per heavy atom. The minimum atomic E-state index is -5.25. The molecule has 92 heavy (non-hydrogen) atoms. The van der Waals surface area contributed by atoms with Gasteiger partial charge in [0.25, 0.3) is 5.91 Å². The first-order valence-corrected chi connectivity index (χ1v) is 32.5. The molecular formula is C62H84Br2ClF3N8O16. The van der Waals surface area contributed by atoms with Gasteiger partial charge in [-0.1, -0.05) is 88.0 Å². The molecule has 30 heteroatoms. The molecule has 2 fully saturated rings. The van der Waals surface area contributed by atoms with E-state index in [0.717, 1.165) is 24.8 Å². The number of esters is 1. The van der Waals surface area contributed by atoms with Gasteiger partial charge in [0.2, 0.25) is 17.7 Å². The smallest absolute Gasteiger partial charge is 0.417 e. The van der Waals surface area contributed by atoms with E-state index in [2.05, 4.69) is 58.4 Å². The maximum Gasteiger partial charge on any atom is 0.417 e. The summed E-state index contributed by atoms with van der Waals surface area (Å²) in [6.07, 6.45) is -4.23. The van der Waals surface area contributed by atoms with Crippen LogP contribution >= 0.6 is 43.5 Å². The van der Waals surface area contributed by atoms with Crippen LogP contribution in [0.25, 0.3) is 0 Å². The number of allylic oxidation sites excluding steroid dienone is 3. The second kappa shape index (κ2) is 33.3. The maximum absolute atomic E-state index is 15.2. The van der Waals surface area contributed by atoms with Gasteiger partial charge in [-0.3, -0.25) is 29.8 Å². The molecule has 3 aliphatic heterocycles. The number of methoxy groups -OCH3 is 2. The van der Waals surface area contributed by atoms with Crippen molar-refractivity contribution >= 4 is 109 Å². The summed E-state index contributed by atoms with van der Waals surface area (Å²) >= 11 is 13.4. The molecule has 5 rings (SSSR count). The minimum absolute atomic E-state index is 0.0492. The van der Waals surface area contributed by atoms with Crippen LogP contribution in [-0.2, 0) is 65.0 Å². The Labute approximate surface area is 554 Å². The van der Waals surface area contributed by atoms with Gasteiger partial charge in [-0.2, -0.15) is 13.2 Å². The average molecular weight is 1450 g/mol. The molecule has 24 nitrogen and oxygen atoms in total. The largest absolute Gasteiger partial charge is 0.495 e. The number of primary amides is 1. The fourth-order valence-electron chi connectivity index (χ4n) is 11.0. The van der Waals surface area contributed by atoms with Gasteiger partial charge in [0, 0.05) is 56.4 Å². The number of epoxide rings is 1. The first-order chi connectivity index (χ1) is 43.1. The SMILES string of the molecule is COc1cc2cc(c1Cl)N(C)C(=O)C[C@H](OC(=O)[C@H](C)N(C)C(=O)c1ccc(NC(=O)[C@H](CCCNC(N)=O)NC(=O)[C@@H](NC(C=O)CCCC(C)OC(C=O)(CBr)CBr)C(C)C)cc1C(F)(F)F)[C@]1(C)O[C@H]1[C@H](C)[C@@H]1C[C@@](O)(NC(=O)O1)[C@H](OC)/C=C/C=C(\C)C2. The monoisotopic (exact) mass is 1450 g/mol. The van der Waals surface area contributed by atoms with E-state index >= 15 is 13.2 Å². The van der Waals surface area contributed by atoms with Gasteiger partial charge in [0.15, 0.2) is 12.0 Å². The summed E-state index contributed by atoms with van der Waals surface area (Å²) < 4.78 is 80.7. The number of amides is 7. The van der Waals surface area contributed by atoms with Crippen molar-refractivity contribution in [3.05, 3.63) is 75.8 Å². The van der Waals surface area contributed by atoms with Crippen LogP contribution < -0.4 is 42.0 Å². The van der Waals surface area contributed by atoms with Crippen molar-refractivity contribution in [3.8, 4) is 5.75 Å². The summed E-state index contributed by atoms with van der Waals surface area (Å²) in [5, 5.41) is 25.4. The van der Waals surface area contributed by atoms with E-state index in [0.29, 0.717) is 48.4 Å². The second-order valence-corrected chi connectivity index (χ2v) is 25.5. The zero-order valence-electron chi connectivity index (χ0n) is 53.2. The van der Waals surface area contributed by atoms with E-state index in [1.54, 1.807) is 65.0 Å². The molecule has 0 aromatic heterocycles. The van der Waals surface area contributed by atoms with Crippen LogP contribution in [0, 0.1) is 11.8 Å². The summed E-state index contributed by atoms with van der Waals surface area (Å²) in [5.41, 5.74) is -0.586. The van der Waals surface area contributed by atoms with Gasteiger partial charge in [0.05, 0.1) is 54.6 Å². The number of nitrogens with one attached hydrogen (secondary N) is 5. The van der Waals surface area contributed by atoms with Crippen LogP contribution in [0.3, 0.4) is 0 Å². The number of ether oxygens (including phenoxy) is 6. The van der Waals surface area contributed by atoms with Crippen molar-refractivity contribution < 1.29 is 89.8 Å². The average Bonchev–Trinajstić information content (AvgIpc) is 1.57. The molecule has 8 N–H and O–H groups in total. The van der Waals surface area contributed by atoms with Gasteiger partial charge in [-0.05, 0) is 108 Å². The zero-order valence-corrected chi connectivity index (χ0v) is 57.1. The van der Waals surface area contributed by atoms with Crippen LogP contribution in [0.4, 0.5) is 34.1 Å². The molecule has 7 amide bonds. The molecule has 12 atom stereocenters. The number of aliphatic hydroxyl groups is 1. The molecule has 2 unspecified atom stereocenters. The topological polar surface area (TPSA) is 325 Å². The highest BCUT2D eigenvalue weighted by Crippen LogP contribution is 2.49. The Bertz CT molecular complexity index is 3070. The number of likely N-dealkylation sites (N-methyl/N-ethyl adjacent to an activating group) is 1. The highest BCUT2D eigenvalue weighted by molar-refractivity contribution is 9.10. The molecule has 3 heterocycles. The van der Waals surface area contributed by atoms with E-state index < -0.39 is 148 Å². The lowest BCUT2D eigenvalue weighted by Gasteiger charge is -2.42. The van der Waals surface area contributed by atoms with Crippen LogP contribution in [0.1, 0.15) is 115 Å². The summed E-state index contributed by atoms with van der Waals surface area (Å²) in [6.45, 7) is 11.4. The molecule has 0 saturated carbocycles. The number of hydrogen-bond acceptors (Lipinski definition) is 17. The quantitative estimate of drug-likeness (QED) is 0.0153. The number of aldehydes is 2. The molecule has 2 aromatic rings. The molecule has 4 bridgehead atoms. The van der Waals surface area contributed by atoms with Crippen molar-refractivity contribution in [2.45, 2.75) is 178 Å². The number of halogens is 6. The number of carbonyl (C=O) groups is 9. The van der Waals surface area contributed by atoms with Crippen molar-refractivity contribution in [2.75, 3.05) is 55.7 Å². The third kappa shape index (κ3) is 19.7. The number of carbonyl (C=O) groups excluding carboxylic acids is 9. The first-order valence-electron chi connectivity index (χ1n) is 29.8. The minimum Gasteiger partial charge on any atom is -0.495 e. The predicted molar refractivity (Wildman–Crippen MR) is 341 cm³/mol. The van der Waals surface area contributed by atoms with Crippen LogP contribution in [0.2, 0.25) is 5.02 Å². The lowest BCUT2D eigenvalue weighted by Crippen LogP contribution is -2.63. The lowest BCUT2D eigenvalue weighted by molar-refractivity contribution is -0.158. The summed E-state index contributed by atoms with van der Waals surface area (Å²) in [5.74, 6) is -5.84. The number of nitrogens with two attached hydrogens (primary N) is 1. The number of fused-ring (bicyclic) bond motifs is 5. The number of urea groups is 1. The van der Waals surface area contributed by atoms with Gasteiger partial charge >= 0.3 is 24.3 Å². The summed E-state index contributed by atoms with van der Waals surface area (Å²) in [6, 6.07) is -0.187. The Morgan fingerprint density at radius 3 is 2.30 bits per heavy atom. The molecule has 0 spiro atoms. The normalized spacial score (nSPS) is 24.5. The zero-order chi connectivity index (χ0) is 68.8. The van der Waals surface area contributed by atoms with E-state index in [9.17, 15) is 48.3 Å². The predicted octanol–water partition coefficient (Wildman–Crippen LogP) is 7.20. The fourth-order valence-corrected chi connectivity index (χ4v) is 12.7. The van der Waals surface area contributed by atoms with Crippen molar-refractivity contribution in [2.24, 2.45) is 17.6 Å². The molecule has 2 aromatic carbocycles. The van der Waals surface area contributed by atoms with Crippen LogP contribution in [0.5, 0.6) is 5.75 Å². The second-order valence-electron chi connectivity index (χ2n) is 24.0. The lowest BCUT2D eigenvalue weighted by atomic mass is 9.83. The Hall–Kier alpha value is -6.21. The third-order valence-corrected chi connectivity index (χ3v) is 18.9. The van der Waals surface area contributed by atoms with E-state index in [1.165, 1.54) is 33.1 Å². The summed E-state index contributed by atoms with van der Waals surface area (Å²) in [7, 11) is 5.26. The van der Waals surface area contributed by atoms with E-state index in [4.69, 9.17) is 45.8 Å². The fraction of sp³-hybridized carbons (Fsp3) is 0.597. The Morgan fingerprint density at radius 1 is 1.02 bits per heavy atom. The number of benzene rings is 2. The standard InChI is InChI=1S/C62H84Br2ClF3N8O16/c1-33(2)51(71-40(29-77)17-13-16-35(4)91-60(30-63,31-64)32-78)54(81)73-43(18-14-22-70-57(69)84)53(80)72-39-20-21-41(42(26-39)62(66,67)68)55(82)75(8)37(6)56(83)90-48-27-49(79)76(9)44-24-38(25-45(87-10)50(44)65)23-34(3)15-12-19-47(88-11)61(86)28-46(89-58(85)74-61)36(5)52-59(48,7)92-52/h12,15,19-21,24-26,29,32-33,35-37,40,43,46-48,51-52,71,86H,13-14,16-18,22-23,27-28,30-31H2,1-11H3,(H,72,80)(H,73,81)(H,74,85)(H3,69,70,84)/b19-12+,34-15+/t35?,36-,37+,40?,43+,46+,47-,48+,51+,52+,59+,61+/m1/s1. The Balaban J connectivity index is 1.40. The molecule has 0 radical (unpaired) electrons. The van der Waals surface area contributed by atoms with Crippen molar-refractivity contribution in [1.82, 2.24) is 26.2 Å². The highest BCUT2D eigenvalue weighted by atomic mass is 79.9. The molecule has 3 aliphatic rings. The van der Waals surface area contributed by atoms with Gasteiger partial charge in [-0.15, -0.1) is 0 Å². The van der Waals surface area contributed by atoms with Crippen LogP contribution in [0.15, 0.2) is 54.1 Å². The van der Waals surface area contributed by atoms with E-state index in [1.807, 2.05) is 6.92 Å². The maximum atomic E-state index is 15.2. The Kier molecular flexibility index (Phi) is 27.7. The van der Waals surface area contributed by atoms with Gasteiger partial charge in [-0.25, -0.2) is 14.4 Å². The number of rotatable bonds is 27. The number of nitrogens with zero attached hydrogens (tertiary/aromatic N) is 2. The number of hydrogen-bond donors (Lipinski definition) is 7. The summed E-state index contributed by atoms with van der Waals surface area (Å²) in [4.78, 5) is 122. The number of alkyl halides is 5. The molecule has 510 valence electrons. The molecular weight excluding hydrogens is 1360 g/mol. The van der Waals surface area contributed by atoms with Crippen molar-refractivity contribution in [3.63, 3.8) is 0 Å². The van der Waals surface area contributed by atoms with Crippen LogP contribution in [-0.4, -0.2) is 181 Å². The third-order valence-electron chi connectivity index (χ3n) is 16.6. The molecule has 0 aliphatic carbocycles. The number of anilines is 2. The highest BCUT2D eigenvalue weighted by Gasteiger charge is 2.64. The van der Waals surface area contributed by atoms with E-state index in [-0.39, 0.29) is 65.5 Å².